The van der Waals surface area contributed by atoms with E-state index in [-0.39, 0.29) is 5.69 Å². The molecule has 2 aromatic rings. The van der Waals surface area contributed by atoms with E-state index < -0.39 is 5.97 Å². The first-order valence-electron chi connectivity index (χ1n) is 6.97. The van der Waals surface area contributed by atoms with Gasteiger partial charge in [0.2, 0.25) is 0 Å². The highest BCUT2D eigenvalue weighted by Gasteiger charge is 2.12. The van der Waals surface area contributed by atoms with Gasteiger partial charge in [0.1, 0.15) is 5.82 Å². The zero-order valence-electron chi connectivity index (χ0n) is 11.9. The third-order valence-corrected chi connectivity index (χ3v) is 3.48. The average molecular weight is 287 g/mol. The highest BCUT2D eigenvalue weighted by atomic mass is 16.5. The van der Waals surface area contributed by atoms with Crippen LogP contribution in [0.1, 0.15) is 28.2 Å². The molecule has 1 N–H and O–H groups in total. The van der Waals surface area contributed by atoms with Crippen molar-refractivity contribution in [3.8, 4) is 0 Å². The van der Waals surface area contributed by atoms with Gasteiger partial charge in [-0.3, -0.25) is 4.68 Å². The average Bonchev–Trinajstić information content (AvgIpc) is 3.01. The molecular formula is C14H17N5O2. The maximum atomic E-state index is 11.3. The van der Waals surface area contributed by atoms with Crippen LogP contribution in [0.3, 0.4) is 0 Å². The van der Waals surface area contributed by atoms with E-state index in [1.54, 1.807) is 10.9 Å². The van der Waals surface area contributed by atoms with Gasteiger partial charge in [0.25, 0.3) is 0 Å². The first-order chi connectivity index (χ1) is 10.3. The Bertz CT molecular complexity index is 653. The summed E-state index contributed by atoms with van der Waals surface area (Å²) in [5.41, 5.74) is 2.49. The molecule has 110 valence electrons. The van der Waals surface area contributed by atoms with Gasteiger partial charge < -0.3 is 10.1 Å². The number of esters is 1. The monoisotopic (exact) mass is 287 g/mol. The quantitative estimate of drug-likeness (QED) is 0.847. The number of aryl methyl sites for hydroxylation is 3. The van der Waals surface area contributed by atoms with Crippen LogP contribution in [0.15, 0.2) is 18.3 Å². The molecular weight excluding hydrogens is 270 g/mol. The summed E-state index contributed by atoms with van der Waals surface area (Å²) in [5.74, 6) is 0.518. The first-order valence-corrected chi connectivity index (χ1v) is 6.97. The first kappa shape index (κ1) is 13.5. The van der Waals surface area contributed by atoms with Crippen molar-refractivity contribution in [2.75, 3.05) is 19.0 Å². The second kappa shape index (κ2) is 5.90. The SMILES string of the molecule is COC(=O)c1cn(CCc2ccc3c(n2)NCCC3)nn1. The van der Waals surface area contributed by atoms with Crippen LogP contribution < -0.4 is 5.32 Å². The maximum Gasteiger partial charge on any atom is 0.360 e. The van der Waals surface area contributed by atoms with E-state index in [9.17, 15) is 4.79 Å². The number of aromatic nitrogens is 4. The van der Waals surface area contributed by atoms with Crippen LogP contribution in [0, 0.1) is 0 Å². The number of carbonyl (C=O) groups excluding carboxylic acids is 1. The molecule has 0 bridgehead atoms. The fourth-order valence-electron chi connectivity index (χ4n) is 2.34. The number of nitrogens with zero attached hydrogens (tertiary/aromatic N) is 4. The lowest BCUT2D eigenvalue weighted by molar-refractivity contribution is 0.0594. The largest absolute Gasteiger partial charge is 0.464 e. The van der Waals surface area contributed by atoms with Crippen LogP contribution in [0.25, 0.3) is 0 Å². The van der Waals surface area contributed by atoms with Crippen molar-refractivity contribution in [3.63, 3.8) is 0 Å². The van der Waals surface area contributed by atoms with Gasteiger partial charge in [0.05, 0.1) is 13.3 Å². The van der Waals surface area contributed by atoms with Crippen LogP contribution in [0.4, 0.5) is 5.82 Å². The number of fused-ring (bicyclic) bond motifs is 1. The molecule has 0 saturated heterocycles. The number of methoxy groups -OCH3 is 1. The van der Waals surface area contributed by atoms with Crippen molar-refractivity contribution in [1.29, 1.82) is 0 Å². The van der Waals surface area contributed by atoms with E-state index in [1.165, 1.54) is 12.7 Å². The Labute approximate surface area is 122 Å². The van der Waals surface area contributed by atoms with E-state index >= 15 is 0 Å². The standard InChI is InChI=1S/C14H17N5O2/c1-21-14(20)12-9-19(18-17-12)8-6-11-5-4-10-3-2-7-15-13(10)16-11/h4-5,9H,2-3,6-8H2,1H3,(H,15,16). The summed E-state index contributed by atoms with van der Waals surface area (Å²) in [7, 11) is 1.32. The second-order valence-electron chi connectivity index (χ2n) is 4.95. The van der Waals surface area contributed by atoms with Crippen molar-refractivity contribution in [1.82, 2.24) is 20.0 Å². The number of pyridine rings is 1. The van der Waals surface area contributed by atoms with Gasteiger partial charge >= 0.3 is 5.97 Å². The molecule has 0 radical (unpaired) electrons. The third kappa shape index (κ3) is 3.01. The lowest BCUT2D eigenvalue weighted by Crippen LogP contribution is -2.14. The lowest BCUT2D eigenvalue weighted by Gasteiger charge is -2.17. The molecule has 0 amide bonds. The molecule has 0 aromatic carbocycles. The van der Waals surface area contributed by atoms with Gasteiger partial charge in [-0.25, -0.2) is 9.78 Å². The predicted molar refractivity (Wildman–Crippen MR) is 76.1 cm³/mol. The van der Waals surface area contributed by atoms with Crippen LogP contribution in [-0.2, 0) is 24.1 Å². The van der Waals surface area contributed by atoms with Gasteiger partial charge in [-0.05, 0) is 24.5 Å². The maximum absolute atomic E-state index is 11.3. The Morgan fingerprint density at radius 3 is 3.24 bits per heavy atom. The summed E-state index contributed by atoms with van der Waals surface area (Å²) in [6.45, 7) is 1.60. The number of ether oxygens (including phenoxy) is 1. The van der Waals surface area contributed by atoms with Gasteiger partial charge in [-0.15, -0.1) is 5.10 Å². The zero-order valence-corrected chi connectivity index (χ0v) is 11.9. The minimum absolute atomic E-state index is 0.220. The molecule has 1 aliphatic rings. The van der Waals surface area contributed by atoms with Crippen molar-refractivity contribution in [2.45, 2.75) is 25.8 Å². The molecule has 7 heteroatoms. The van der Waals surface area contributed by atoms with Crippen molar-refractivity contribution in [2.24, 2.45) is 0 Å². The van der Waals surface area contributed by atoms with E-state index in [4.69, 9.17) is 0 Å². The number of anilines is 1. The normalized spacial score (nSPS) is 13.4. The molecule has 0 unspecified atom stereocenters. The lowest BCUT2D eigenvalue weighted by atomic mass is 10.1. The Hall–Kier alpha value is -2.44. The molecule has 1 aliphatic heterocycles. The molecule has 0 aliphatic carbocycles. The number of nitrogens with one attached hydrogen (secondary N) is 1. The highest BCUT2D eigenvalue weighted by Crippen LogP contribution is 2.19. The molecule has 0 atom stereocenters. The molecule has 0 saturated carbocycles. The third-order valence-electron chi connectivity index (χ3n) is 3.48. The summed E-state index contributed by atoms with van der Waals surface area (Å²) < 4.78 is 6.23. The van der Waals surface area contributed by atoms with E-state index in [0.29, 0.717) is 6.54 Å². The summed E-state index contributed by atoms with van der Waals surface area (Å²) in [6, 6.07) is 4.18. The van der Waals surface area contributed by atoms with Gasteiger partial charge in [0.15, 0.2) is 5.69 Å². The predicted octanol–water partition coefficient (Wildman–Crippen LogP) is 1.06. The van der Waals surface area contributed by atoms with Gasteiger partial charge in [-0.1, -0.05) is 11.3 Å². The van der Waals surface area contributed by atoms with Crippen LogP contribution in [0.2, 0.25) is 0 Å². The number of rotatable bonds is 4. The van der Waals surface area contributed by atoms with E-state index in [0.717, 1.165) is 37.3 Å². The highest BCUT2D eigenvalue weighted by molar-refractivity contribution is 5.86. The zero-order chi connectivity index (χ0) is 14.7. The number of hydrogen-bond acceptors (Lipinski definition) is 6. The molecule has 21 heavy (non-hydrogen) atoms. The minimum Gasteiger partial charge on any atom is -0.464 e. The smallest absolute Gasteiger partial charge is 0.360 e. The van der Waals surface area contributed by atoms with Crippen LogP contribution in [-0.4, -0.2) is 39.6 Å². The van der Waals surface area contributed by atoms with Gasteiger partial charge in [-0.2, -0.15) is 0 Å². The fraction of sp³-hybridized carbons (Fsp3) is 0.429. The molecule has 3 rings (SSSR count). The van der Waals surface area contributed by atoms with Crippen LogP contribution >= 0.6 is 0 Å². The Kier molecular flexibility index (Phi) is 3.81. The van der Waals surface area contributed by atoms with Crippen LogP contribution in [0.5, 0.6) is 0 Å². The number of carbonyl (C=O) groups is 1. The van der Waals surface area contributed by atoms with E-state index in [1.807, 2.05) is 6.07 Å². The minimum atomic E-state index is -0.475. The molecule has 2 aromatic heterocycles. The molecule has 3 heterocycles. The Morgan fingerprint density at radius 2 is 2.38 bits per heavy atom. The van der Waals surface area contributed by atoms with Crippen molar-refractivity contribution in [3.05, 3.63) is 35.3 Å². The number of hydrogen-bond donors (Lipinski definition) is 1. The van der Waals surface area contributed by atoms with Crippen molar-refractivity contribution >= 4 is 11.8 Å². The second-order valence-corrected chi connectivity index (χ2v) is 4.95. The Morgan fingerprint density at radius 1 is 1.48 bits per heavy atom. The molecule has 7 nitrogen and oxygen atoms in total. The molecule has 0 spiro atoms. The summed E-state index contributed by atoms with van der Waals surface area (Å²) in [4.78, 5) is 15.9. The summed E-state index contributed by atoms with van der Waals surface area (Å²) >= 11 is 0. The Balaban J connectivity index is 1.65. The summed E-state index contributed by atoms with van der Waals surface area (Å²) in [6.07, 6.45) is 4.56. The van der Waals surface area contributed by atoms with E-state index in [2.05, 4.69) is 31.4 Å². The van der Waals surface area contributed by atoms with Gasteiger partial charge in [0, 0.05) is 25.2 Å². The summed E-state index contributed by atoms with van der Waals surface area (Å²) in [5, 5.41) is 11.0. The molecule has 0 fully saturated rings. The fourth-order valence-corrected chi connectivity index (χ4v) is 2.34. The van der Waals surface area contributed by atoms with Crippen molar-refractivity contribution < 1.29 is 9.53 Å². The topological polar surface area (TPSA) is 81.9 Å².